The number of rotatable bonds is 6. The Balaban J connectivity index is 1.73. The fraction of sp³-hybridized carbons (Fsp3) is 0.857. The molecule has 5 nitrogen and oxygen atoms in total. The van der Waals surface area contributed by atoms with Crippen LogP contribution in [-0.2, 0) is 4.74 Å². The van der Waals surface area contributed by atoms with Crippen molar-refractivity contribution in [2.45, 2.75) is 43.8 Å². The molecule has 2 fully saturated rings. The predicted molar refractivity (Wildman–Crippen MR) is 81.5 cm³/mol. The van der Waals surface area contributed by atoms with E-state index in [0.29, 0.717) is 6.04 Å². The molecule has 0 atom stereocenters. The molecule has 0 radical (unpaired) electrons. The van der Waals surface area contributed by atoms with Gasteiger partial charge in [0.1, 0.15) is 0 Å². The van der Waals surface area contributed by atoms with Crippen LogP contribution in [0.3, 0.4) is 0 Å². The molecule has 1 saturated heterocycles. The summed E-state index contributed by atoms with van der Waals surface area (Å²) in [5.74, 6) is 2.89. The molecule has 0 unspecified atom stereocenters. The fourth-order valence-electron chi connectivity index (χ4n) is 2.66. The largest absolute Gasteiger partial charge is 0.384 e. The lowest BCUT2D eigenvalue weighted by Gasteiger charge is -2.31. The lowest BCUT2D eigenvalue weighted by Crippen LogP contribution is -2.34. The van der Waals surface area contributed by atoms with Crippen LogP contribution in [0.1, 0.15) is 38.6 Å². The summed E-state index contributed by atoms with van der Waals surface area (Å²) in [6.45, 7) is 5.34. The molecule has 20 heavy (non-hydrogen) atoms. The Hall–Kier alpha value is -0.750. The van der Waals surface area contributed by atoms with Crippen LogP contribution in [0.15, 0.2) is 5.16 Å². The quantitative estimate of drug-likeness (QED) is 0.596. The standard InChI is InChI=1S/C14H24N4OS/c1-11-5-7-17(8-6-11)13-15-16-14(20-10-9-19-2)18(13)12-3-4-12/h11-12H,3-10H2,1-2H3. The average molecular weight is 296 g/mol. The van der Waals surface area contributed by atoms with Gasteiger partial charge >= 0.3 is 0 Å². The molecule has 0 spiro atoms. The molecule has 112 valence electrons. The first kappa shape index (κ1) is 14.2. The Labute approximate surface area is 125 Å². The smallest absolute Gasteiger partial charge is 0.228 e. The van der Waals surface area contributed by atoms with Crippen molar-refractivity contribution in [2.24, 2.45) is 5.92 Å². The number of hydrogen-bond donors (Lipinski definition) is 0. The normalized spacial score (nSPS) is 20.6. The van der Waals surface area contributed by atoms with Gasteiger partial charge in [-0.1, -0.05) is 18.7 Å². The van der Waals surface area contributed by atoms with E-state index in [-0.39, 0.29) is 0 Å². The second-order valence-electron chi connectivity index (χ2n) is 5.89. The van der Waals surface area contributed by atoms with Crippen molar-refractivity contribution >= 4 is 17.7 Å². The lowest BCUT2D eigenvalue weighted by molar-refractivity contribution is 0.218. The van der Waals surface area contributed by atoms with Crippen LogP contribution in [0.4, 0.5) is 5.95 Å². The molecule has 1 aromatic rings. The van der Waals surface area contributed by atoms with Gasteiger partial charge in [-0.3, -0.25) is 4.57 Å². The lowest BCUT2D eigenvalue weighted by atomic mass is 10.00. The van der Waals surface area contributed by atoms with E-state index < -0.39 is 0 Å². The molecule has 0 bridgehead atoms. The molecular formula is C14H24N4OS. The van der Waals surface area contributed by atoms with E-state index in [2.05, 4.69) is 26.6 Å². The van der Waals surface area contributed by atoms with Crippen LogP contribution < -0.4 is 4.90 Å². The number of nitrogens with zero attached hydrogens (tertiary/aromatic N) is 4. The van der Waals surface area contributed by atoms with Gasteiger partial charge in [0.2, 0.25) is 5.95 Å². The zero-order valence-electron chi connectivity index (χ0n) is 12.4. The van der Waals surface area contributed by atoms with Crippen molar-refractivity contribution in [3.05, 3.63) is 0 Å². The highest BCUT2D eigenvalue weighted by Crippen LogP contribution is 2.41. The summed E-state index contributed by atoms with van der Waals surface area (Å²) in [6, 6.07) is 0.629. The van der Waals surface area contributed by atoms with Crippen LogP contribution >= 0.6 is 11.8 Å². The van der Waals surface area contributed by atoms with Gasteiger partial charge in [0.15, 0.2) is 5.16 Å². The monoisotopic (exact) mass is 296 g/mol. The maximum Gasteiger partial charge on any atom is 0.228 e. The Morgan fingerprint density at radius 3 is 2.60 bits per heavy atom. The van der Waals surface area contributed by atoms with Crippen molar-refractivity contribution in [3.63, 3.8) is 0 Å². The highest BCUT2D eigenvalue weighted by atomic mass is 32.2. The molecule has 1 aliphatic heterocycles. The van der Waals surface area contributed by atoms with Gasteiger partial charge in [-0.25, -0.2) is 0 Å². The Morgan fingerprint density at radius 2 is 1.95 bits per heavy atom. The first-order valence-corrected chi connectivity index (χ1v) is 8.59. The fourth-order valence-corrected chi connectivity index (χ4v) is 3.56. The van der Waals surface area contributed by atoms with Crippen molar-refractivity contribution < 1.29 is 4.74 Å². The number of methoxy groups -OCH3 is 1. The van der Waals surface area contributed by atoms with Gasteiger partial charge in [-0.15, -0.1) is 10.2 Å². The van der Waals surface area contributed by atoms with E-state index in [0.717, 1.165) is 42.5 Å². The van der Waals surface area contributed by atoms with Crippen LogP contribution in [0.25, 0.3) is 0 Å². The van der Waals surface area contributed by atoms with Gasteiger partial charge in [-0.05, 0) is 31.6 Å². The van der Waals surface area contributed by atoms with Gasteiger partial charge in [0.05, 0.1) is 6.61 Å². The minimum atomic E-state index is 0.629. The van der Waals surface area contributed by atoms with Crippen molar-refractivity contribution in [1.82, 2.24) is 14.8 Å². The third-order valence-electron chi connectivity index (χ3n) is 4.14. The molecule has 2 aliphatic rings. The maximum absolute atomic E-state index is 5.13. The van der Waals surface area contributed by atoms with E-state index in [1.54, 1.807) is 18.9 Å². The van der Waals surface area contributed by atoms with Crippen molar-refractivity contribution in [2.75, 3.05) is 37.5 Å². The van der Waals surface area contributed by atoms with Gasteiger partial charge < -0.3 is 9.64 Å². The Kier molecular flexibility index (Phi) is 4.51. The molecule has 0 aromatic carbocycles. The summed E-state index contributed by atoms with van der Waals surface area (Å²) in [7, 11) is 1.74. The summed E-state index contributed by atoms with van der Waals surface area (Å²) < 4.78 is 7.50. The SMILES string of the molecule is COCCSc1nnc(N2CCC(C)CC2)n1C1CC1. The van der Waals surface area contributed by atoms with Gasteiger partial charge in [-0.2, -0.15) is 0 Å². The molecular weight excluding hydrogens is 272 g/mol. The zero-order valence-corrected chi connectivity index (χ0v) is 13.2. The average Bonchev–Trinajstić information content (AvgIpc) is 3.21. The molecule has 6 heteroatoms. The van der Waals surface area contributed by atoms with Crippen LogP contribution in [0.5, 0.6) is 0 Å². The number of hydrogen-bond acceptors (Lipinski definition) is 5. The van der Waals surface area contributed by atoms with E-state index in [1.807, 2.05) is 0 Å². The minimum Gasteiger partial charge on any atom is -0.384 e. The Morgan fingerprint density at radius 1 is 1.20 bits per heavy atom. The minimum absolute atomic E-state index is 0.629. The third-order valence-corrected chi connectivity index (χ3v) is 5.05. The summed E-state index contributed by atoms with van der Waals surface area (Å²) in [6.07, 6.45) is 5.08. The number of ether oxygens (including phenoxy) is 1. The second kappa shape index (κ2) is 6.35. The molecule has 1 aromatic heterocycles. The third kappa shape index (κ3) is 3.11. The van der Waals surface area contributed by atoms with Crippen molar-refractivity contribution in [1.29, 1.82) is 0 Å². The molecule has 0 amide bonds. The number of thioether (sulfide) groups is 1. The molecule has 0 N–H and O–H groups in total. The van der Waals surface area contributed by atoms with E-state index in [9.17, 15) is 0 Å². The van der Waals surface area contributed by atoms with Crippen molar-refractivity contribution in [3.8, 4) is 0 Å². The number of anilines is 1. The van der Waals surface area contributed by atoms with Gasteiger partial charge in [0, 0.05) is 32.0 Å². The first-order valence-electron chi connectivity index (χ1n) is 7.61. The number of aromatic nitrogens is 3. The molecule has 1 saturated carbocycles. The summed E-state index contributed by atoms with van der Waals surface area (Å²) in [5, 5.41) is 9.97. The maximum atomic E-state index is 5.13. The van der Waals surface area contributed by atoms with Crippen LogP contribution in [0, 0.1) is 5.92 Å². The zero-order chi connectivity index (χ0) is 13.9. The van der Waals surface area contributed by atoms with Crippen LogP contribution in [0.2, 0.25) is 0 Å². The molecule has 1 aliphatic carbocycles. The second-order valence-corrected chi connectivity index (χ2v) is 6.96. The molecule has 3 rings (SSSR count). The highest BCUT2D eigenvalue weighted by molar-refractivity contribution is 7.99. The summed E-state index contributed by atoms with van der Waals surface area (Å²) in [4.78, 5) is 2.42. The number of piperidine rings is 1. The van der Waals surface area contributed by atoms with Crippen LogP contribution in [-0.4, -0.2) is 47.3 Å². The predicted octanol–water partition coefficient (Wildman–Crippen LogP) is 2.59. The summed E-state index contributed by atoms with van der Waals surface area (Å²) in [5.41, 5.74) is 0. The topological polar surface area (TPSA) is 43.2 Å². The first-order chi connectivity index (χ1) is 9.79. The van der Waals surface area contributed by atoms with E-state index in [4.69, 9.17) is 4.74 Å². The summed E-state index contributed by atoms with van der Waals surface area (Å²) >= 11 is 1.76. The Bertz CT molecular complexity index is 438. The highest BCUT2D eigenvalue weighted by Gasteiger charge is 2.32. The van der Waals surface area contributed by atoms with Gasteiger partial charge in [0.25, 0.3) is 0 Å². The van der Waals surface area contributed by atoms with E-state index >= 15 is 0 Å². The van der Waals surface area contributed by atoms with E-state index in [1.165, 1.54) is 25.7 Å². The molecule has 2 heterocycles.